The van der Waals surface area contributed by atoms with E-state index in [1.54, 1.807) is 26.8 Å². The maximum Gasteiger partial charge on any atom is 0.407 e. The number of esters is 1. The average Bonchev–Trinajstić information content (AvgIpc) is 3.72. The Labute approximate surface area is 288 Å². The third-order valence-corrected chi connectivity index (χ3v) is 10.7. The van der Waals surface area contributed by atoms with Crippen molar-refractivity contribution in [1.82, 2.24) is 19.7 Å². The molecule has 0 bridgehead atoms. The number of piperidine rings is 1. The van der Waals surface area contributed by atoms with Gasteiger partial charge in [-0.25, -0.2) is 9.59 Å². The van der Waals surface area contributed by atoms with Crippen molar-refractivity contribution in [3.63, 3.8) is 0 Å². The number of nitrogens with zero attached hydrogens (tertiary/aromatic N) is 3. The lowest BCUT2D eigenvalue weighted by molar-refractivity contribution is -0.142. The van der Waals surface area contributed by atoms with Gasteiger partial charge in [0.1, 0.15) is 17.3 Å². The van der Waals surface area contributed by atoms with Gasteiger partial charge in [0.05, 0.1) is 12.2 Å². The van der Waals surface area contributed by atoms with Gasteiger partial charge in [0.25, 0.3) is 0 Å². The number of alkyl carbamates (subject to hydrolysis) is 1. The van der Waals surface area contributed by atoms with E-state index in [9.17, 15) is 23.6 Å². The molecule has 1 aromatic carbocycles. The first kappa shape index (κ1) is 35.2. The first-order chi connectivity index (χ1) is 23.3. The maximum absolute atomic E-state index is 14.2. The molecular weight excluding hydrogens is 629 g/mol. The number of amides is 3. The summed E-state index contributed by atoms with van der Waals surface area (Å²) in [4.78, 5) is 57.6. The van der Waals surface area contributed by atoms with Crippen LogP contribution in [-0.2, 0) is 24.8 Å². The van der Waals surface area contributed by atoms with E-state index in [2.05, 4.69) is 15.5 Å². The Hall–Kier alpha value is -3.67. The molecule has 4 aliphatic rings. The molecule has 2 N–H and O–H groups in total. The predicted octanol–water partition coefficient (Wildman–Crippen LogP) is 5.96. The molecule has 0 radical (unpaired) electrons. The van der Waals surface area contributed by atoms with Crippen LogP contribution in [-0.4, -0.2) is 88.3 Å². The van der Waals surface area contributed by atoms with Crippen LogP contribution in [0, 0.1) is 11.8 Å². The Morgan fingerprint density at radius 2 is 1.73 bits per heavy atom. The molecule has 268 valence electrons. The molecule has 2 aromatic rings. The largest absolute Gasteiger partial charge is 0.444 e. The molecule has 2 saturated heterocycles. The second-order valence-corrected chi connectivity index (χ2v) is 15.7. The minimum absolute atomic E-state index is 0.000285. The summed E-state index contributed by atoms with van der Waals surface area (Å²) in [6.07, 6.45) is 6.33. The summed E-state index contributed by atoms with van der Waals surface area (Å²) in [7, 11) is 0. The Bertz CT molecular complexity index is 1570. The zero-order chi connectivity index (χ0) is 35.1. The van der Waals surface area contributed by atoms with Gasteiger partial charge in [0.15, 0.2) is 5.72 Å². The number of likely N-dealkylation sites (tertiary alicyclic amines) is 2. The summed E-state index contributed by atoms with van der Waals surface area (Å²) in [5.41, 5.74) is 0.488. The van der Waals surface area contributed by atoms with Gasteiger partial charge in [-0.3, -0.25) is 23.4 Å². The third kappa shape index (κ3) is 7.44. The average molecular weight is 682 g/mol. The van der Waals surface area contributed by atoms with E-state index in [1.165, 1.54) is 6.42 Å². The number of hydrogen-bond acceptors (Lipinski definition) is 7. The zero-order valence-corrected chi connectivity index (χ0v) is 29.6. The number of carbonyl (C=O) groups is 4. The normalized spacial score (nSPS) is 26.2. The predicted molar refractivity (Wildman–Crippen MR) is 184 cm³/mol. The monoisotopic (exact) mass is 681 g/mol. The van der Waals surface area contributed by atoms with Gasteiger partial charge in [0.2, 0.25) is 11.8 Å². The number of halogens is 1. The minimum Gasteiger partial charge on any atom is -0.444 e. The molecule has 6 rings (SSSR count). The van der Waals surface area contributed by atoms with Gasteiger partial charge >= 0.3 is 12.1 Å². The lowest BCUT2D eigenvalue weighted by atomic mass is 9.77. The summed E-state index contributed by atoms with van der Waals surface area (Å²) in [6, 6.07) is 6.35. The number of benzene rings is 1. The SMILES string of the molecule is CC(C)(C)OC(=O)N[C@H](CCF)[C@H]1CC[C@H](C(=O)N2CC[C@@H](N3CCCCC3)[C@H]2C(=O)Nc2ccc3c(c2)cc2n3C(C)(C)OC2=O)CC1. The molecule has 3 fully saturated rings. The highest BCUT2D eigenvalue weighted by Gasteiger charge is 2.47. The van der Waals surface area contributed by atoms with Gasteiger partial charge in [-0.2, -0.15) is 0 Å². The number of cyclic esters (lactones) is 1. The second kappa shape index (κ2) is 13.9. The Morgan fingerprint density at radius 3 is 2.41 bits per heavy atom. The van der Waals surface area contributed by atoms with Crippen LogP contribution in [0.1, 0.15) is 103 Å². The van der Waals surface area contributed by atoms with Gasteiger partial charge in [0, 0.05) is 35.6 Å². The summed E-state index contributed by atoms with van der Waals surface area (Å²) < 4.78 is 26.3. The summed E-state index contributed by atoms with van der Waals surface area (Å²) in [5, 5.41) is 6.83. The molecule has 0 spiro atoms. The topological polar surface area (TPSA) is 122 Å². The van der Waals surface area contributed by atoms with E-state index in [4.69, 9.17) is 9.47 Å². The number of anilines is 1. The van der Waals surface area contributed by atoms with E-state index < -0.39 is 30.1 Å². The molecule has 49 heavy (non-hydrogen) atoms. The van der Waals surface area contributed by atoms with Crippen molar-refractivity contribution in [2.45, 2.75) is 122 Å². The minimum atomic E-state index is -0.798. The number of carbonyl (C=O) groups excluding carboxylic acids is 4. The number of rotatable bonds is 8. The molecule has 1 aliphatic carbocycles. The molecule has 3 amide bonds. The fourth-order valence-corrected chi connectivity index (χ4v) is 8.54. The van der Waals surface area contributed by atoms with Crippen molar-refractivity contribution in [1.29, 1.82) is 0 Å². The molecule has 3 aliphatic heterocycles. The van der Waals surface area contributed by atoms with Crippen LogP contribution in [0.25, 0.3) is 10.9 Å². The van der Waals surface area contributed by atoms with Gasteiger partial charge in [-0.05, 0) is 129 Å². The van der Waals surface area contributed by atoms with E-state index in [0.717, 1.165) is 43.3 Å². The molecule has 1 aromatic heterocycles. The molecule has 3 atom stereocenters. The van der Waals surface area contributed by atoms with E-state index in [0.29, 0.717) is 43.6 Å². The van der Waals surface area contributed by atoms with Crippen LogP contribution in [0.5, 0.6) is 0 Å². The van der Waals surface area contributed by atoms with Crippen LogP contribution in [0.2, 0.25) is 0 Å². The van der Waals surface area contributed by atoms with E-state index in [1.807, 2.05) is 41.5 Å². The number of alkyl halides is 1. The molecule has 12 heteroatoms. The number of hydrogen-bond donors (Lipinski definition) is 2. The Balaban J connectivity index is 1.16. The quantitative estimate of drug-likeness (QED) is 0.330. The van der Waals surface area contributed by atoms with Gasteiger partial charge in [-0.1, -0.05) is 6.42 Å². The number of nitrogens with one attached hydrogen (secondary N) is 2. The standard InChI is InChI=1S/C37H52FN5O6/c1-36(2,3)49-35(47)40-27(15-17-38)23-9-11-24(12-10-23)33(45)42-20-16-29(41-18-7-6-8-19-41)31(42)32(44)39-26-13-14-28-25(21-26)22-30-34(46)48-37(4,5)43(28)30/h13-14,21-24,27,29,31H,6-12,15-20H2,1-5H3,(H,39,44)(H,40,47)/t23-,24-,27-,29-,31+/m1/s1. The number of ether oxygens (including phenoxy) is 2. The Morgan fingerprint density at radius 1 is 1.02 bits per heavy atom. The van der Waals surface area contributed by atoms with Crippen LogP contribution < -0.4 is 10.6 Å². The number of aromatic nitrogens is 1. The lowest BCUT2D eigenvalue weighted by Gasteiger charge is -2.38. The fraction of sp³-hybridized carbons (Fsp3) is 0.676. The molecule has 4 heterocycles. The van der Waals surface area contributed by atoms with Crippen LogP contribution >= 0.6 is 0 Å². The van der Waals surface area contributed by atoms with Crippen LogP contribution in [0.4, 0.5) is 14.9 Å². The van der Waals surface area contributed by atoms with Crippen LogP contribution in [0.3, 0.4) is 0 Å². The summed E-state index contributed by atoms with van der Waals surface area (Å²) >= 11 is 0. The first-order valence-electron chi connectivity index (χ1n) is 18.1. The first-order valence-corrected chi connectivity index (χ1v) is 18.1. The van der Waals surface area contributed by atoms with Gasteiger partial charge < -0.3 is 25.0 Å². The van der Waals surface area contributed by atoms with Crippen molar-refractivity contribution in [3.05, 3.63) is 30.0 Å². The lowest BCUT2D eigenvalue weighted by Crippen LogP contribution is -2.55. The van der Waals surface area contributed by atoms with E-state index in [-0.39, 0.29) is 48.1 Å². The van der Waals surface area contributed by atoms with Crippen molar-refractivity contribution < 1.29 is 33.0 Å². The molecular formula is C37H52FN5O6. The summed E-state index contributed by atoms with van der Waals surface area (Å²) in [5.74, 6) is -0.764. The summed E-state index contributed by atoms with van der Waals surface area (Å²) in [6.45, 7) is 10.9. The van der Waals surface area contributed by atoms with Crippen molar-refractivity contribution in [2.24, 2.45) is 11.8 Å². The maximum atomic E-state index is 14.2. The van der Waals surface area contributed by atoms with Gasteiger partial charge in [-0.15, -0.1) is 0 Å². The second-order valence-electron chi connectivity index (χ2n) is 15.7. The smallest absolute Gasteiger partial charge is 0.407 e. The van der Waals surface area contributed by atoms with Crippen molar-refractivity contribution in [3.8, 4) is 0 Å². The molecule has 1 saturated carbocycles. The van der Waals surface area contributed by atoms with Crippen molar-refractivity contribution >= 4 is 40.5 Å². The highest BCUT2D eigenvalue weighted by atomic mass is 19.1. The van der Waals surface area contributed by atoms with Crippen molar-refractivity contribution in [2.75, 3.05) is 31.6 Å². The fourth-order valence-electron chi connectivity index (χ4n) is 8.54. The Kier molecular flexibility index (Phi) is 9.99. The highest BCUT2D eigenvalue weighted by Crippen LogP contribution is 2.38. The highest BCUT2D eigenvalue weighted by molar-refractivity contribution is 6.02. The van der Waals surface area contributed by atoms with Crippen LogP contribution in [0.15, 0.2) is 24.3 Å². The zero-order valence-electron chi connectivity index (χ0n) is 29.6. The molecule has 11 nitrogen and oxygen atoms in total. The number of fused-ring (bicyclic) bond motifs is 3. The molecule has 0 unspecified atom stereocenters. The van der Waals surface area contributed by atoms with E-state index >= 15 is 0 Å². The third-order valence-electron chi connectivity index (χ3n) is 10.7.